The molecule has 0 saturated heterocycles. The van der Waals surface area contributed by atoms with Crippen LogP contribution in [-0.2, 0) is 6.42 Å². The predicted molar refractivity (Wildman–Crippen MR) is 69.3 cm³/mol. The van der Waals surface area contributed by atoms with Gasteiger partial charge < -0.3 is 15.4 Å². The third-order valence-corrected chi connectivity index (χ3v) is 3.78. The van der Waals surface area contributed by atoms with Crippen molar-refractivity contribution in [2.45, 2.75) is 6.42 Å². The van der Waals surface area contributed by atoms with Crippen molar-refractivity contribution in [3.63, 3.8) is 0 Å². The second-order valence-electron chi connectivity index (χ2n) is 3.71. The molecular formula is C11H14BNO2S. The lowest BCUT2D eigenvalue weighted by atomic mass is 9.80. The van der Waals surface area contributed by atoms with Crippen LogP contribution in [-0.4, -0.2) is 30.8 Å². The fourth-order valence-electron chi connectivity index (χ4n) is 1.71. The van der Waals surface area contributed by atoms with Crippen molar-refractivity contribution >= 4 is 34.0 Å². The summed E-state index contributed by atoms with van der Waals surface area (Å²) in [6.07, 6.45) is 0.969. The summed E-state index contributed by atoms with van der Waals surface area (Å²) in [6.45, 7) is 0.934. The lowest BCUT2D eigenvalue weighted by Gasteiger charge is -1.99. The highest BCUT2D eigenvalue weighted by Crippen LogP contribution is 2.24. The van der Waals surface area contributed by atoms with Gasteiger partial charge in [0, 0.05) is 9.58 Å². The monoisotopic (exact) mass is 235 g/mol. The molecule has 0 unspecified atom stereocenters. The number of hydrogen-bond acceptors (Lipinski definition) is 4. The van der Waals surface area contributed by atoms with Gasteiger partial charge in [0.1, 0.15) is 0 Å². The first-order valence-corrected chi connectivity index (χ1v) is 6.06. The molecule has 0 saturated carbocycles. The molecule has 1 heterocycles. The van der Waals surface area contributed by atoms with E-state index in [-0.39, 0.29) is 0 Å². The Bertz CT molecular complexity index is 484. The fraction of sp³-hybridized carbons (Fsp3) is 0.273. The molecule has 1 aromatic carbocycles. The topological polar surface area (TPSA) is 52.5 Å². The molecule has 0 fully saturated rings. The number of likely N-dealkylation sites (N-methyl/N-ethyl adjacent to an activating group) is 1. The third kappa shape index (κ3) is 2.27. The van der Waals surface area contributed by atoms with Crippen LogP contribution in [0.15, 0.2) is 24.3 Å². The van der Waals surface area contributed by atoms with E-state index in [2.05, 4.69) is 11.4 Å². The lowest BCUT2D eigenvalue weighted by Crippen LogP contribution is -2.29. The molecule has 0 radical (unpaired) electrons. The molecule has 0 aliphatic rings. The van der Waals surface area contributed by atoms with Crippen LogP contribution in [0.4, 0.5) is 0 Å². The largest absolute Gasteiger partial charge is 0.489 e. The van der Waals surface area contributed by atoms with Crippen LogP contribution in [0.5, 0.6) is 0 Å². The second-order valence-corrected chi connectivity index (χ2v) is 4.84. The molecule has 0 bridgehead atoms. The molecule has 0 atom stereocenters. The van der Waals surface area contributed by atoms with Crippen molar-refractivity contribution in [1.82, 2.24) is 5.32 Å². The Morgan fingerprint density at radius 1 is 1.38 bits per heavy atom. The van der Waals surface area contributed by atoms with E-state index in [1.165, 1.54) is 4.88 Å². The number of nitrogens with one attached hydrogen (secondary N) is 1. The van der Waals surface area contributed by atoms with E-state index in [4.69, 9.17) is 0 Å². The SMILES string of the molecule is CNCCc1cc2cccc(B(O)O)c2s1. The van der Waals surface area contributed by atoms with Crippen molar-refractivity contribution in [3.05, 3.63) is 29.1 Å². The average molecular weight is 235 g/mol. The molecule has 3 N–H and O–H groups in total. The van der Waals surface area contributed by atoms with Gasteiger partial charge >= 0.3 is 7.12 Å². The number of fused-ring (bicyclic) bond motifs is 1. The summed E-state index contributed by atoms with van der Waals surface area (Å²) in [6, 6.07) is 7.72. The van der Waals surface area contributed by atoms with Crippen LogP contribution in [0, 0.1) is 0 Å². The van der Waals surface area contributed by atoms with E-state index in [0.717, 1.165) is 23.1 Å². The minimum atomic E-state index is -1.39. The maximum Gasteiger partial charge on any atom is 0.489 e. The van der Waals surface area contributed by atoms with Crippen molar-refractivity contribution in [1.29, 1.82) is 0 Å². The Labute approximate surface area is 98.9 Å². The summed E-state index contributed by atoms with van der Waals surface area (Å²) >= 11 is 1.63. The molecule has 5 heteroatoms. The van der Waals surface area contributed by atoms with E-state index in [9.17, 15) is 10.0 Å². The molecule has 0 aliphatic carbocycles. The normalized spacial score (nSPS) is 10.9. The van der Waals surface area contributed by atoms with Crippen LogP contribution in [0.2, 0.25) is 0 Å². The summed E-state index contributed by atoms with van der Waals surface area (Å²) in [5, 5.41) is 22.7. The van der Waals surface area contributed by atoms with Crippen molar-refractivity contribution in [2.24, 2.45) is 0 Å². The molecule has 0 spiro atoms. The molecule has 0 aliphatic heterocycles. The van der Waals surface area contributed by atoms with Crippen LogP contribution < -0.4 is 10.8 Å². The second kappa shape index (κ2) is 4.97. The molecule has 3 nitrogen and oxygen atoms in total. The van der Waals surface area contributed by atoms with Gasteiger partial charge in [0.2, 0.25) is 0 Å². The summed E-state index contributed by atoms with van der Waals surface area (Å²) in [5.41, 5.74) is 0.596. The van der Waals surface area contributed by atoms with E-state index >= 15 is 0 Å². The summed E-state index contributed by atoms with van der Waals surface area (Å²) < 4.78 is 0.976. The van der Waals surface area contributed by atoms with Gasteiger partial charge in [-0.2, -0.15) is 0 Å². The quantitative estimate of drug-likeness (QED) is 0.670. The van der Waals surface area contributed by atoms with Gasteiger partial charge in [-0.05, 0) is 36.9 Å². The fourth-order valence-corrected chi connectivity index (χ4v) is 2.90. The third-order valence-electron chi connectivity index (χ3n) is 2.53. The number of benzene rings is 1. The lowest BCUT2D eigenvalue weighted by molar-refractivity contribution is 0.426. The Hall–Kier alpha value is -0.875. The molecule has 2 aromatic rings. The minimum Gasteiger partial charge on any atom is -0.423 e. The number of hydrogen-bond donors (Lipinski definition) is 3. The highest BCUT2D eigenvalue weighted by atomic mass is 32.1. The van der Waals surface area contributed by atoms with Gasteiger partial charge in [0.15, 0.2) is 0 Å². The Kier molecular flexibility index (Phi) is 3.61. The van der Waals surface area contributed by atoms with E-state index in [0.29, 0.717) is 5.46 Å². The van der Waals surface area contributed by atoms with Crippen LogP contribution in [0.25, 0.3) is 10.1 Å². The standard InChI is InChI=1S/C11H14BNO2S/c1-13-6-5-9-7-8-3-2-4-10(12(14)15)11(8)16-9/h2-4,7,13-15H,5-6H2,1H3. The van der Waals surface area contributed by atoms with Crippen LogP contribution in [0.3, 0.4) is 0 Å². The van der Waals surface area contributed by atoms with E-state index in [1.807, 2.05) is 19.2 Å². The predicted octanol–water partition coefficient (Wildman–Crippen LogP) is 0.343. The zero-order valence-electron chi connectivity index (χ0n) is 9.10. The highest BCUT2D eigenvalue weighted by molar-refractivity contribution is 7.20. The minimum absolute atomic E-state index is 0.596. The van der Waals surface area contributed by atoms with E-state index < -0.39 is 7.12 Å². The van der Waals surface area contributed by atoms with Gasteiger partial charge in [0.25, 0.3) is 0 Å². The zero-order valence-corrected chi connectivity index (χ0v) is 9.92. The van der Waals surface area contributed by atoms with Gasteiger partial charge in [0.05, 0.1) is 0 Å². The molecule has 84 valence electrons. The molecule has 0 amide bonds. The maximum absolute atomic E-state index is 9.26. The van der Waals surface area contributed by atoms with Crippen LogP contribution >= 0.6 is 11.3 Å². The van der Waals surface area contributed by atoms with Crippen molar-refractivity contribution < 1.29 is 10.0 Å². The Morgan fingerprint density at radius 3 is 2.88 bits per heavy atom. The van der Waals surface area contributed by atoms with Crippen molar-refractivity contribution in [2.75, 3.05) is 13.6 Å². The van der Waals surface area contributed by atoms with Gasteiger partial charge in [-0.3, -0.25) is 0 Å². The first-order chi connectivity index (χ1) is 7.72. The van der Waals surface area contributed by atoms with Gasteiger partial charge in [-0.25, -0.2) is 0 Å². The maximum atomic E-state index is 9.26. The highest BCUT2D eigenvalue weighted by Gasteiger charge is 2.16. The average Bonchev–Trinajstić information content (AvgIpc) is 2.68. The molecule has 2 rings (SSSR count). The molecule has 1 aromatic heterocycles. The van der Waals surface area contributed by atoms with Crippen molar-refractivity contribution in [3.8, 4) is 0 Å². The summed E-state index contributed by atoms with van der Waals surface area (Å²) in [5.74, 6) is 0. The first kappa shape index (κ1) is 11.6. The van der Waals surface area contributed by atoms with E-state index in [1.54, 1.807) is 17.4 Å². The molecule has 16 heavy (non-hydrogen) atoms. The van der Waals surface area contributed by atoms with Gasteiger partial charge in [-0.15, -0.1) is 11.3 Å². The van der Waals surface area contributed by atoms with Gasteiger partial charge in [-0.1, -0.05) is 18.2 Å². The number of rotatable bonds is 4. The smallest absolute Gasteiger partial charge is 0.423 e. The number of thiophene rings is 1. The summed E-state index contributed by atoms with van der Waals surface area (Å²) in [7, 11) is 0.537. The first-order valence-electron chi connectivity index (χ1n) is 5.24. The Balaban J connectivity index is 2.40. The zero-order chi connectivity index (χ0) is 11.5. The van der Waals surface area contributed by atoms with Crippen LogP contribution in [0.1, 0.15) is 4.88 Å². The Morgan fingerprint density at radius 2 is 2.19 bits per heavy atom. The molecular weight excluding hydrogens is 221 g/mol. The summed E-state index contributed by atoms with van der Waals surface area (Å²) in [4.78, 5) is 1.26.